The molecular weight excluding hydrogens is 471 g/mol. The van der Waals surface area contributed by atoms with E-state index in [-0.39, 0.29) is 23.8 Å². The van der Waals surface area contributed by atoms with E-state index in [1.54, 1.807) is 41.4 Å². The molecule has 2 aromatic heterocycles. The van der Waals surface area contributed by atoms with Gasteiger partial charge in [0.2, 0.25) is 5.88 Å². The average Bonchev–Trinajstić information content (AvgIpc) is 3.23. The lowest BCUT2D eigenvalue weighted by atomic mass is 9.86. The topological polar surface area (TPSA) is 81.3 Å². The van der Waals surface area contributed by atoms with E-state index in [4.69, 9.17) is 45.3 Å². The summed E-state index contributed by atoms with van der Waals surface area (Å²) in [6.07, 6.45) is 2.81. The van der Waals surface area contributed by atoms with Crippen molar-refractivity contribution in [2.45, 2.75) is 18.9 Å². The minimum Gasteiger partial charge on any atom is -0.474 e. The molecule has 3 aromatic rings. The van der Waals surface area contributed by atoms with Crippen molar-refractivity contribution in [1.82, 2.24) is 14.9 Å². The van der Waals surface area contributed by atoms with E-state index in [1.165, 1.54) is 6.20 Å². The Kier molecular flexibility index (Phi) is 6.74. The summed E-state index contributed by atoms with van der Waals surface area (Å²) in [7, 11) is 0. The number of aromatic nitrogens is 2. The number of amides is 1. The summed E-state index contributed by atoms with van der Waals surface area (Å²) < 4.78 is 6.11. The van der Waals surface area contributed by atoms with Gasteiger partial charge in [0.15, 0.2) is 0 Å². The lowest BCUT2D eigenvalue weighted by molar-refractivity contribution is 0.0769. The first-order valence-electron chi connectivity index (χ1n) is 10.1. The number of anilines is 1. The molecule has 3 heterocycles. The van der Waals surface area contributed by atoms with Crippen molar-refractivity contribution in [3.8, 4) is 5.88 Å². The van der Waals surface area contributed by atoms with Crippen molar-refractivity contribution >= 4 is 46.5 Å². The lowest BCUT2D eigenvalue weighted by Gasteiger charge is -2.25. The number of carbonyl (C=O) groups is 1. The highest BCUT2D eigenvalue weighted by molar-refractivity contribution is 6.42. The second-order valence-corrected chi connectivity index (χ2v) is 9.01. The molecule has 9 heteroatoms. The molecule has 1 amide bonds. The Hall–Kier alpha value is -2.54. The van der Waals surface area contributed by atoms with Crippen LogP contribution in [0.15, 0.2) is 54.9 Å². The normalized spacial score (nSPS) is 19.1. The van der Waals surface area contributed by atoms with Crippen molar-refractivity contribution < 1.29 is 9.53 Å². The zero-order valence-electron chi connectivity index (χ0n) is 17.2. The Labute approximate surface area is 201 Å². The van der Waals surface area contributed by atoms with E-state index in [9.17, 15) is 4.79 Å². The zero-order valence-corrected chi connectivity index (χ0v) is 19.5. The van der Waals surface area contributed by atoms with E-state index in [2.05, 4.69) is 9.97 Å². The van der Waals surface area contributed by atoms with Gasteiger partial charge < -0.3 is 15.4 Å². The third-order valence-electron chi connectivity index (χ3n) is 5.67. The summed E-state index contributed by atoms with van der Waals surface area (Å²) in [4.78, 5) is 23.2. The first kappa shape index (κ1) is 22.6. The van der Waals surface area contributed by atoms with E-state index < -0.39 is 0 Å². The summed E-state index contributed by atoms with van der Waals surface area (Å²) in [5.41, 5.74) is 7.14. The Morgan fingerprint density at radius 3 is 2.53 bits per heavy atom. The van der Waals surface area contributed by atoms with Crippen molar-refractivity contribution in [1.29, 1.82) is 0 Å². The molecule has 0 bridgehead atoms. The molecule has 3 atom stereocenters. The maximum Gasteiger partial charge on any atom is 0.255 e. The quantitative estimate of drug-likeness (QED) is 0.521. The Bertz CT molecular complexity index is 1110. The van der Waals surface area contributed by atoms with Crippen LogP contribution in [-0.2, 0) is 0 Å². The van der Waals surface area contributed by atoms with Gasteiger partial charge in [-0.1, -0.05) is 40.9 Å². The van der Waals surface area contributed by atoms with Gasteiger partial charge in [-0.15, -0.1) is 0 Å². The van der Waals surface area contributed by atoms with Crippen LogP contribution in [0, 0.1) is 5.92 Å². The van der Waals surface area contributed by atoms with Crippen LogP contribution in [0.2, 0.25) is 15.1 Å². The Balaban J connectivity index is 1.61. The predicted molar refractivity (Wildman–Crippen MR) is 127 cm³/mol. The second kappa shape index (κ2) is 9.53. The van der Waals surface area contributed by atoms with Gasteiger partial charge in [-0.25, -0.2) is 9.97 Å². The van der Waals surface area contributed by atoms with Crippen molar-refractivity contribution in [3.05, 3.63) is 81.1 Å². The molecule has 1 aliphatic rings. The van der Waals surface area contributed by atoms with Crippen LogP contribution in [0.25, 0.3) is 0 Å². The minimum atomic E-state index is -0.231. The summed E-state index contributed by atoms with van der Waals surface area (Å²) in [5, 5.41) is 1.50. The molecule has 2 N–H and O–H groups in total. The second-order valence-electron chi connectivity index (χ2n) is 7.76. The molecular formula is C23H21Cl3N4O2. The molecule has 0 spiro atoms. The highest BCUT2D eigenvalue weighted by atomic mass is 35.5. The van der Waals surface area contributed by atoms with E-state index >= 15 is 0 Å². The number of halogens is 3. The molecule has 1 saturated heterocycles. The maximum atomic E-state index is 13.2. The standard InChI is InChI=1S/C23H21Cl3N4O2/c1-13(32-22-7-4-16(24)10-29-22)17-11-30(23(31)15-3-6-21(27)28-9-15)12-18(17)14-2-5-19(25)20(26)8-14/h2-10,13,17-18H,11-12H2,1H3,(H2,27,28)/t13-,17+,18+/m1/s1. The van der Waals surface area contributed by atoms with Crippen LogP contribution < -0.4 is 10.5 Å². The summed E-state index contributed by atoms with van der Waals surface area (Å²) >= 11 is 18.3. The zero-order chi connectivity index (χ0) is 22.8. The number of carbonyl (C=O) groups excluding carboxylic acids is 1. The van der Waals surface area contributed by atoms with E-state index in [0.717, 1.165) is 5.56 Å². The third-order valence-corrected chi connectivity index (χ3v) is 6.63. The number of likely N-dealkylation sites (tertiary alicyclic amines) is 1. The van der Waals surface area contributed by atoms with Gasteiger partial charge >= 0.3 is 0 Å². The number of benzene rings is 1. The maximum absolute atomic E-state index is 13.2. The molecule has 1 aliphatic heterocycles. The van der Waals surface area contributed by atoms with Gasteiger partial charge in [0.1, 0.15) is 11.9 Å². The van der Waals surface area contributed by atoms with Crippen LogP contribution in [0.5, 0.6) is 5.88 Å². The van der Waals surface area contributed by atoms with E-state index in [0.29, 0.717) is 45.4 Å². The fraction of sp³-hybridized carbons (Fsp3) is 0.261. The molecule has 0 radical (unpaired) electrons. The first-order valence-corrected chi connectivity index (χ1v) is 11.2. The largest absolute Gasteiger partial charge is 0.474 e. The molecule has 6 nitrogen and oxygen atoms in total. The number of nitrogen functional groups attached to an aromatic ring is 1. The van der Waals surface area contributed by atoms with Gasteiger partial charge in [0, 0.05) is 43.4 Å². The molecule has 166 valence electrons. The number of pyridine rings is 2. The van der Waals surface area contributed by atoms with Crippen molar-refractivity contribution in [2.75, 3.05) is 18.8 Å². The highest BCUT2D eigenvalue weighted by Crippen LogP contribution is 2.38. The number of nitrogens with two attached hydrogens (primary N) is 1. The average molecular weight is 492 g/mol. The predicted octanol–water partition coefficient (Wildman–Crippen LogP) is 5.34. The molecule has 1 aromatic carbocycles. The molecule has 32 heavy (non-hydrogen) atoms. The summed E-state index contributed by atoms with van der Waals surface area (Å²) in [6, 6.07) is 12.3. The molecule has 1 fully saturated rings. The number of ether oxygens (including phenoxy) is 1. The molecule has 0 aliphatic carbocycles. The van der Waals surface area contributed by atoms with Crippen molar-refractivity contribution in [3.63, 3.8) is 0 Å². The number of hydrogen-bond donors (Lipinski definition) is 1. The smallest absolute Gasteiger partial charge is 0.255 e. The van der Waals surface area contributed by atoms with Crippen LogP contribution in [-0.4, -0.2) is 40.0 Å². The van der Waals surface area contributed by atoms with Crippen LogP contribution in [0.3, 0.4) is 0 Å². The number of rotatable bonds is 5. The van der Waals surface area contributed by atoms with Crippen LogP contribution in [0.1, 0.15) is 28.8 Å². The van der Waals surface area contributed by atoms with Crippen LogP contribution >= 0.6 is 34.8 Å². The number of hydrogen-bond acceptors (Lipinski definition) is 5. The Morgan fingerprint density at radius 1 is 1.06 bits per heavy atom. The molecule has 0 saturated carbocycles. The highest BCUT2D eigenvalue weighted by Gasteiger charge is 2.40. The fourth-order valence-electron chi connectivity index (χ4n) is 3.99. The minimum absolute atomic E-state index is 0.00208. The number of nitrogens with zero attached hydrogens (tertiary/aromatic N) is 3. The van der Waals surface area contributed by atoms with Crippen molar-refractivity contribution in [2.24, 2.45) is 5.92 Å². The summed E-state index contributed by atoms with van der Waals surface area (Å²) in [6.45, 7) is 2.99. The van der Waals surface area contributed by atoms with Gasteiger partial charge in [-0.3, -0.25) is 4.79 Å². The fourth-order valence-corrected chi connectivity index (χ4v) is 4.41. The van der Waals surface area contributed by atoms with Gasteiger partial charge in [0.05, 0.1) is 20.6 Å². The van der Waals surface area contributed by atoms with Gasteiger partial charge in [-0.05, 0) is 42.8 Å². The van der Waals surface area contributed by atoms with E-state index in [1.807, 2.05) is 19.1 Å². The van der Waals surface area contributed by atoms with Crippen LogP contribution in [0.4, 0.5) is 5.82 Å². The first-order chi connectivity index (χ1) is 15.3. The SMILES string of the molecule is C[C@@H](Oc1ccc(Cl)cn1)[C@@H]1CN(C(=O)c2ccc(N)nc2)C[C@H]1c1ccc(Cl)c(Cl)c1. The molecule has 0 unspecified atom stereocenters. The summed E-state index contributed by atoms with van der Waals surface area (Å²) in [5.74, 6) is 0.726. The third kappa shape index (κ3) is 4.93. The lowest BCUT2D eigenvalue weighted by Crippen LogP contribution is -2.32. The Morgan fingerprint density at radius 2 is 1.88 bits per heavy atom. The van der Waals surface area contributed by atoms with Gasteiger partial charge in [-0.2, -0.15) is 0 Å². The molecule has 4 rings (SSSR count). The van der Waals surface area contributed by atoms with Gasteiger partial charge in [0.25, 0.3) is 5.91 Å². The monoisotopic (exact) mass is 490 g/mol.